The second-order valence-electron chi connectivity index (χ2n) is 5.30. The zero-order chi connectivity index (χ0) is 20.7. The van der Waals surface area contributed by atoms with Crippen LogP contribution in [-0.2, 0) is 9.59 Å². The number of nitro groups is 1. The van der Waals surface area contributed by atoms with Gasteiger partial charge in [-0.05, 0) is 29.8 Å². The Balaban J connectivity index is 2.19. The summed E-state index contributed by atoms with van der Waals surface area (Å²) in [6.45, 7) is -0.566. The highest BCUT2D eigenvalue weighted by Crippen LogP contribution is 2.26. The summed E-state index contributed by atoms with van der Waals surface area (Å²) in [4.78, 5) is 33.0. The van der Waals surface area contributed by atoms with Gasteiger partial charge in [0.25, 0.3) is 11.6 Å². The largest absolute Gasteiger partial charge is 0.480 e. The molecule has 0 bridgehead atoms. The van der Waals surface area contributed by atoms with Crippen LogP contribution in [0, 0.1) is 21.4 Å². The summed E-state index contributed by atoms with van der Waals surface area (Å²) in [7, 11) is 0. The molecule has 142 valence electrons. The van der Waals surface area contributed by atoms with Gasteiger partial charge in [0.05, 0.1) is 9.95 Å². The number of nitrogens with zero attached hydrogens (tertiary/aromatic N) is 2. The molecule has 0 atom stereocenters. The fraction of sp³-hybridized carbons (Fsp3) is 0.0556. The first-order valence-corrected chi connectivity index (χ1v) is 7.99. The lowest BCUT2D eigenvalue weighted by Crippen LogP contribution is -2.13. The molecule has 0 heterocycles. The van der Waals surface area contributed by atoms with E-state index < -0.39 is 23.4 Å². The van der Waals surface area contributed by atoms with Gasteiger partial charge in [-0.25, -0.2) is 4.79 Å². The van der Waals surface area contributed by atoms with E-state index in [9.17, 15) is 25.0 Å². The molecule has 0 fully saturated rings. The Morgan fingerprint density at radius 2 is 2.07 bits per heavy atom. The van der Waals surface area contributed by atoms with E-state index in [2.05, 4.69) is 5.32 Å². The van der Waals surface area contributed by atoms with Crippen LogP contribution < -0.4 is 10.1 Å². The zero-order valence-electron chi connectivity index (χ0n) is 14.1. The molecule has 2 rings (SSSR count). The predicted molar refractivity (Wildman–Crippen MR) is 99.9 cm³/mol. The minimum absolute atomic E-state index is 0.103. The van der Waals surface area contributed by atoms with Crippen LogP contribution in [0.3, 0.4) is 0 Å². The number of rotatable bonds is 7. The number of hydrogen-bond donors (Lipinski definition) is 2. The van der Waals surface area contributed by atoms with E-state index in [0.29, 0.717) is 5.56 Å². The average molecular weight is 402 g/mol. The number of halogens is 1. The lowest BCUT2D eigenvalue weighted by atomic mass is 10.1. The molecule has 0 spiro atoms. The number of anilines is 1. The summed E-state index contributed by atoms with van der Waals surface area (Å²) < 4.78 is 4.99. The highest BCUT2D eigenvalue weighted by molar-refractivity contribution is 6.32. The van der Waals surface area contributed by atoms with Crippen molar-refractivity contribution in [2.45, 2.75) is 0 Å². The third-order valence-electron chi connectivity index (χ3n) is 3.30. The fourth-order valence-electron chi connectivity index (χ4n) is 2.07. The summed E-state index contributed by atoms with van der Waals surface area (Å²) in [5, 5.41) is 31.1. The van der Waals surface area contributed by atoms with Gasteiger partial charge in [-0.2, -0.15) is 5.26 Å². The molecule has 2 aromatic carbocycles. The molecule has 0 radical (unpaired) electrons. The Labute approximate surface area is 163 Å². The van der Waals surface area contributed by atoms with E-state index in [1.807, 2.05) is 0 Å². The van der Waals surface area contributed by atoms with E-state index in [0.717, 1.165) is 0 Å². The summed E-state index contributed by atoms with van der Waals surface area (Å²) in [5.41, 5.74) is 0.0972. The van der Waals surface area contributed by atoms with Crippen LogP contribution >= 0.6 is 11.6 Å². The smallest absolute Gasteiger partial charge is 0.341 e. The van der Waals surface area contributed by atoms with E-state index in [4.69, 9.17) is 21.4 Å². The SMILES string of the molecule is N#C/C(=C\c1ccc(OCC(=O)O)c(Cl)c1)C(=O)Nc1cccc([N+](=O)[O-])c1. The zero-order valence-corrected chi connectivity index (χ0v) is 14.8. The van der Waals surface area contributed by atoms with Gasteiger partial charge in [-0.1, -0.05) is 23.7 Å². The van der Waals surface area contributed by atoms with Gasteiger partial charge >= 0.3 is 5.97 Å². The number of carbonyl (C=O) groups is 2. The van der Waals surface area contributed by atoms with Crippen LogP contribution in [0.4, 0.5) is 11.4 Å². The van der Waals surface area contributed by atoms with Gasteiger partial charge in [-0.3, -0.25) is 14.9 Å². The van der Waals surface area contributed by atoms with Crippen molar-refractivity contribution in [3.8, 4) is 11.8 Å². The van der Waals surface area contributed by atoms with Crippen molar-refractivity contribution in [3.05, 3.63) is 68.7 Å². The molecule has 2 aromatic rings. The summed E-state index contributed by atoms with van der Waals surface area (Å²) in [6.07, 6.45) is 1.26. The quantitative estimate of drug-likeness (QED) is 0.313. The lowest BCUT2D eigenvalue weighted by molar-refractivity contribution is -0.384. The summed E-state index contributed by atoms with van der Waals surface area (Å²) in [6, 6.07) is 11.3. The van der Waals surface area contributed by atoms with Crippen molar-refractivity contribution in [2.75, 3.05) is 11.9 Å². The van der Waals surface area contributed by atoms with Gasteiger partial charge in [0, 0.05) is 17.8 Å². The third-order valence-corrected chi connectivity index (χ3v) is 3.59. The Kier molecular flexibility index (Phi) is 6.68. The van der Waals surface area contributed by atoms with Gasteiger partial charge < -0.3 is 15.2 Å². The second kappa shape index (κ2) is 9.16. The first kappa shape index (κ1) is 20.4. The topological polar surface area (TPSA) is 143 Å². The Hall–Kier alpha value is -3.90. The summed E-state index contributed by atoms with van der Waals surface area (Å²) >= 11 is 6.00. The monoisotopic (exact) mass is 401 g/mol. The van der Waals surface area contributed by atoms with Crippen LogP contribution in [0.25, 0.3) is 6.08 Å². The molecule has 0 aliphatic heterocycles. The number of nitro benzene ring substituents is 1. The minimum atomic E-state index is -1.16. The van der Waals surface area contributed by atoms with Crippen molar-refractivity contribution in [3.63, 3.8) is 0 Å². The number of ether oxygens (including phenoxy) is 1. The van der Waals surface area contributed by atoms with E-state index in [1.165, 1.54) is 48.5 Å². The van der Waals surface area contributed by atoms with Gasteiger partial charge in [0.1, 0.15) is 17.4 Å². The molecule has 0 aliphatic carbocycles. The van der Waals surface area contributed by atoms with E-state index in [1.54, 1.807) is 6.07 Å². The molecule has 9 nitrogen and oxygen atoms in total. The molecule has 0 saturated heterocycles. The van der Waals surface area contributed by atoms with Crippen LogP contribution in [0.15, 0.2) is 48.0 Å². The molecular weight excluding hydrogens is 390 g/mol. The van der Waals surface area contributed by atoms with Crippen molar-refractivity contribution >= 4 is 40.9 Å². The molecule has 0 saturated carbocycles. The second-order valence-corrected chi connectivity index (χ2v) is 5.71. The first-order valence-electron chi connectivity index (χ1n) is 7.62. The van der Waals surface area contributed by atoms with Crippen molar-refractivity contribution in [1.82, 2.24) is 0 Å². The van der Waals surface area contributed by atoms with Gasteiger partial charge in [0.2, 0.25) is 0 Å². The molecular formula is C18H12ClN3O6. The number of aliphatic carboxylic acids is 1. The Bertz CT molecular complexity index is 1010. The molecule has 28 heavy (non-hydrogen) atoms. The van der Waals surface area contributed by atoms with Gasteiger partial charge in [0.15, 0.2) is 6.61 Å². The van der Waals surface area contributed by atoms with Crippen LogP contribution in [0.1, 0.15) is 5.56 Å². The minimum Gasteiger partial charge on any atom is -0.480 e. The number of carboxylic acids is 1. The normalized spacial score (nSPS) is 10.6. The number of hydrogen-bond acceptors (Lipinski definition) is 6. The van der Waals surface area contributed by atoms with Crippen molar-refractivity contribution in [2.24, 2.45) is 0 Å². The number of carbonyl (C=O) groups excluding carboxylic acids is 1. The number of carboxylic acid groups (broad SMARTS) is 1. The van der Waals surface area contributed by atoms with Gasteiger partial charge in [-0.15, -0.1) is 0 Å². The summed E-state index contributed by atoms with van der Waals surface area (Å²) in [5.74, 6) is -1.78. The van der Waals surface area contributed by atoms with Crippen molar-refractivity contribution < 1.29 is 24.4 Å². The van der Waals surface area contributed by atoms with Crippen LogP contribution in [0.5, 0.6) is 5.75 Å². The molecule has 1 amide bonds. The Morgan fingerprint density at radius 1 is 1.32 bits per heavy atom. The number of benzene rings is 2. The third kappa shape index (κ3) is 5.55. The Morgan fingerprint density at radius 3 is 2.68 bits per heavy atom. The molecule has 10 heteroatoms. The number of non-ortho nitro benzene ring substituents is 1. The van der Waals surface area contributed by atoms with Crippen LogP contribution in [0.2, 0.25) is 5.02 Å². The van der Waals surface area contributed by atoms with Crippen LogP contribution in [-0.4, -0.2) is 28.5 Å². The maximum Gasteiger partial charge on any atom is 0.341 e. The molecule has 2 N–H and O–H groups in total. The van der Waals surface area contributed by atoms with Crippen molar-refractivity contribution in [1.29, 1.82) is 5.26 Å². The van der Waals surface area contributed by atoms with E-state index in [-0.39, 0.29) is 27.7 Å². The standard InChI is InChI=1S/C18H12ClN3O6/c19-15-7-11(4-5-16(15)28-10-17(23)24)6-12(9-20)18(25)21-13-2-1-3-14(8-13)22(26)27/h1-8H,10H2,(H,21,25)(H,23,24)/b12-6+. The highest BCUT2D eigenvalue weighted by Gasteiger charge is 2.13. The van der Waals surface area contributed by atoms with E-state index >= 15 is 0 Å². The first-order chi connectivity index (χ1) is 13.3. The number of amides is 1. The number of nitrogens with one attached hydrogen (secondary N) is 1. The lowest BCUT2D eigenvalue weighted by Gasteiger charge is -2.07. The predicted octanol–water partition coefficient (Wildman–Crippen LogP) is 3.26. The fourth-order valence-corrected chi connectivity index (χ4v) is 2.32. The molecule has 0 aliphatic rings. The molecule has 0 aromatic heterocycles. The molecule has 0 unspecified atom stereocenters. The highest BCUT2D eigenvalue weighted by atomic mass is 35.5. The maximum atomic E-state index is 12.3. The average Bonchev–Trinajstić information content (AvgIpc) is 2.65. The number of nitriles is 1. The maximum absolute atomic E-state index is 12.3.